The molecule has 2 rings (SSSR count). The third-order valence-electron chi connectivity index (χ3n) is 3.30. The normalized spacial score (nSPS) is 40.8. The summed E-state index contributed by atoms with van der Waals surface area (Å²) < 4.78 is 0. The molecular formula is C9H13NO2. The number of hydrogen-bond donors (Lipinski definition) is 0. The fourth-order valence-corrected chi connectivity index (χ4v) is 2.35. The van der Waals surface area contributed by atoms with Crippen LogP contribution in [0.15, 0.2) is 0 Å². The van der Waals surface area contributed by atoms with Crippen molar-refractivity contribution in [3.63, 3.8) is 0 Å². The van der Waals surface area contributed by atoms with Gasteiger partial charge in [0.15, 0.2) is 0 Å². The lowest BCUT2D eigenvalue weighted by Gasteiger charge is -2.23. The molecule has 2 fully saturated rings. The molecule has 0 aromatic carbocycles. The molecule has 66 valence electrons. The first kappa shape index (κ1) is 7.77. The van der Waals surface area contributed by atoms with E-state index in [0.29, 0.717) is 12.5 Å². The third kappa shape index (κ3) is 0.713. The molecule has 2 bridgehead atoms. The molecule has 2 atom stereocenters. The number of carbonyl (C=O) groups excluding carboxylic acids is 2. The molecule has 0 aromatic heterocycles. The van der Waals surface area contributed by atoms with Crippen LogP contribution in [0.5, 0.6) is 0 Å². The second-order valence-corrected chi connectivity index (χ2v) is 4.07. The van der Waals surface area contributed by atoms with Crippen LogP contribution in [0.4, 0.5) is 0 Å². The lowest BCUT2D eigenvalue weighted by molar-refractivity contribution is -0.141. The first-order chi connectivity index (χ1) is 5.55. The van der Waals surface area contributed by atoms with E-state index < -0.39 is 5.41 Å². The predicted molar refractivity (Wildman–Crippen MR) is 43.5 cm³/mol. The van der Waals surface area contributed by atoms with Crippen LogP contribution in [0, 0.1) is 5.41 Å². The van der Waals surface area contributed by atoms with Crippen LogP contribution in [0.3, 0.4) is 0 Å². The van der Waals surface area contributed by atoms with E-state index in [4.69, 9.17) is 0 Å². The van der Waals surface area contributed by atoms with Crippen molar-refractivity contribution in [1.82, 2.24) is 4.90 Å². The highest BCUT2D eigenvalue weighted by Gasteiger charge is 2.54. The van der Waals surface area contributed by atoms with Crippen molar-refractivity contribution in [1.29, 1.82) is 0 Å². The molecule has 1 heterocycles. The molecule has 1 saturated carbocycles. The number of ketones is 1. The van der Waals surface area contributed by atoms with Gasteiger partial charge < -0.3 is 4.90 Å². The van der Waals surface area contributed by atoms with Gasteiger partial charge in [0.1, 0.15) is 11.2 Å². The number of nitrogens with zero attached hydrogens (tertiary/aromatic N) is 1. The molecule has 0 radical (unpaired) electrons. The van der Waals surface area contributed by atoms with Crippen molar-refractivity contribution in [2.45, 2.75) is 32.2 Å². The van der Waals surface area contributed by atoms with Crippen LogP contribution in [0.25, 0.3) is 0 Å². The average Bonchev–Trinajstić information content (AvgIpc) is 2.23. The Hall–Kier alpha value is -0.860. The fourth-order valence-electron chi connectivity index (χ4n) is 2.35. The highest BCUT2D eigenvalue weighted by molar-refractivity contribution is 6.08. The van der Waals surface area contributed by atoms with Gasteiger partial charge in [-0.2, -0.15) is 0 Å². The van der Waals surface area contributed by atoms with Gasteiger partial charge >= 0.3 is 0 Å². The molecule has 1 aliphatic heterocycles. The zero-order valence-corrected chi connectivity index (χ0v) is 7.46. The Labute approximate surface area is 71.7 Å². The zero-order valence-electron chi connectivity index (χ0n) is 7.46. The first-order valence-corrected chi connectivity index (χ1v) is 4.36. The van der Waals surface area contributed by atoms with Gasteiger partial charge in [-0.05, 0) is 19.8 Å². The van der Waals surface area contributed by atoms with Gasteiger partial charge in [-0.3, -0.25) is 9.59 Å². The minimum atomic E-state index is -0.669. The molecule has 12 heavy (non-hydrogen) atoms. The summed E-state index contributed by atoms with van der Waals surface area (Å²) in [7, 11) is 1.80. The topological polar surface area (TPSA) is 37.4 Å². The molecule has 3 nitrogen and oxygen atoms in total. The highest BCUT2D eigenvalue weighted by Crippen LogP contribution is 2.42. The fraction of sp³-hybridized carbons (Fsp3) is 0.778. The van der Waals surface area contributed by atoms with E-state index in [1.165, 1.54) is 0 Å². The second kappa shape index (κ2) is 2.09. The average molecular weight is 167 g/mol. The maximum absolute atomic E-state index is 11.6. The zero-order chi connectivity index (χ0) is 8.93. The summed E-state index contributed by atoms with van der Waals surface area (Å²) in [6, 6.07) is 0.320. The van der Waals surface area contributed by atoms with Gasteiger partial charge in [-0.15, -0.1) is 0 Å². The van der Waals surface area contributed by atoms with Crippen molar-refractivity contribution in [3.8, 4) is 0 Å². The lowest BCUT2D eigenvalue weighted by atomic mass is 9.76. The van der Waals surface area contributed by atoms with Crippen LogP contribution < -0.4 is 0 Å². The van der Waals surface area contributed by atoms with Crippen LogP contribution in [-0.2, 0) is 9.59 Å². The Morgan fingerprint density at radius 3 is 2.75 bits per heavy atom. The Bertz CT molecular complexity index is 261. The quantitative estimate of drug-likeness (QED) is 0.495. The maximum atomic E-state index is 11.6. The molecule has 1 aliphatic carbocycles. The van der Waals surface area contributed by atoms with Gasteiger partial charge in [0, 0.05) is 19.5 Å². The summed E-state index contributed by atoms with van der Waals surface area (Å²) in [4.78, 5) is 24.8. The monoisotopic (exact) mass is 167 g/mol. The van der Waals surface area contributed by atoms with Crippen molar-refractivity contribution in [2.75, 3.05) is 7.05 Å². The van der Waals surface area contributed by atoms with E-state index in [1.807, 2.05) is 0 Å². The second-order valence-electron chi connectivity index (χ2n) is 4.07. The van der Waals surface area contributed by atoms with E-state index in [0.717, 1.165) is 12.8 Å². The molecular weight excluding hydrogens is 154 g/mol. The van der Waals surface area contributed by atoms with Crippen LogP contribution in [0.2, 0.25) is 0 Å². The summed E-state index contributed by atoms with van der Waals surface area (Å²) in [6.07, 6.45) is 2.18. The number of carbonyl (C=O) groups is 2. The summed E-state index contributed by atoms with van der Waals surface area (Å²) in [5.74, 6) is 0.156. The first-order valence-electron chi connectivity index (χ1n) is 4.36. The van der Waals surface area contributed by atoms with Crippen LogP contribution >= 0.6 is 0 Å². The minimum Gasteiger partial charge on any atom is -0.342 e. The van der Waals surface area contributed by atoms with E-state index >= 15 is 0 Å². The minimum absolute atomic E-state index is 0.0231. The van der Waals surface area contributed by atoms with Crippen LogP contribution in [-0.4, -0.2) is 29.7 Å². The molecule has 2 aliphatic rings. The Morgan fingerprint density at radius 2 is 2.17 bits per heavy atom. The van der Waals surface area contributed by atoms with Crippen LogP contribution in [0.1, 0.15) is 26.2 Å². The van der Waals surface area contributed by atoms with E-state index in [2.05, 4.69) is 0 Å². The predicted octanol–water partition coefficient (Wildman–Crippen LogP) is 0.586. The van der Waals surface area contributed by atoms with Gasteiger partial charge in [0.2, 0.25) is 5.91 Å². The number of hydrogen-bond acceptors (Lipinski definition) is 2. The van der Waals surface area contributed by atoms with E-state index in [9.17, 15) is 9.59 Å². The molecule has 0 unspecified atom stereocenters. The highest BCUT2D eigenvalue weighted by atomic mass is 16.2. The molecule has 0 N–H and O–H groups in total. The van der Waals surface area contributed by atoms with Gasteiger partial charge in [0.05, 0.1) is 0 Å². The number of Topliss-reactive ketones (excluding diaryl/α,β-unsaturated/α-hetero) is 1. The van der Waals surface area contributed by atoms with E-state index in [-0.39, 0.29) is 11.7 Å². The molecule has 1 amide bonds. The molecule has 3 heteroatoms. The molecule has 0 aromatic rings. The summed E-state index contributed by atoms with van der Waals surface area (Å²) in [5, 5.41) is 0. The summed E-state index contributed by atoms with van der Waals surface area (Å²) in [6.45, 7) is 1.79. The van der Waals surface area contributed by atoms with Crippen molar-refractivity contribution < 1.29 is 9.59 Å². The Kier molecular flexibility index (Phi) is 1.35. The van der Waals surface area contributed by atoms with Gasteiger partial charge in [-0.25, -0.2) is 0 Å². The van der Waals surface area contributed by atoms with Crippen molar-refractivity contribution in [2.24, 2.45) is 5.41 Å². The Morgan fingerprint density at radius 1 is 1.50 bits per heavy atom. The van der Waals surface area contributed by atoms with Crippen molar-refractivity contribution in [3.05, 3.63) is 0 Å². The van der Waals surface area contributed by atoms with E-state index in [1.54, 1.807) is 18.9 Å². The number of amides is 1. The van der Waals surface area contributed by atoms with Gasteiger partial charge in [0.25, 0.3) is 0 Å². The number of fused-ring (bicyclic) bond motifs is 2. The lowest BCUT2D eigenvalue weighted by Crippen LogP contribution is -2.35. The SMILES string of the molecule is CN1C(=O)[C@]2(C)C[C@H]1CCC2=O. The standard InChI is InChI=1S/C9H13NO2/c1-9-5-6(3-4-7(9)11)10(2)8(9)12/h6H,3-5H2,1-2H3/t6-,9-/m1/s1. The van der Waals surface area contributed by atoms with Gasteiger partial charge in [-0.1, -0.05) is 0 Å². The number of likely N-dealkylation sites (tertiary alicyclic amines) is 1. The Balaban J connectivity index is 2.41. The van der Waals surface area contributed by atoms with Crippen molar-refractivity contribution >= 4 is 11.7 Å². The maximum Gasteiger partial charge on any atom is 0.236 e. The summed E-state index contributed by atoms with van der Waals surface area (Å²) >= 11 is 0. The summed E-state index contributed by atoms with van der Waals surface area (Å²) in [5.41, 5.74) is -0.669. The number of rotatable bonds is 0. The largest absolute Gasteiger partial charge is 0.342 e. The molecule has 1 saturated heterocycles. The third-order valence-corrected chi connectivity index (χ3v) is 3.30. The molecule has 0 spiro atoms. The smallest absolute Gasteiger partial charge is 0.236 e.